The van der Waals surface area contributed by atoms with Crippen molar-refractivity contribution in [2.45, 2.75) is 0 Å². The average molecular weight is 370 g/mol. The topological polar surface area (TPSA) is 128 Å². The van der Waals surface area contributed by atoms with Gasteiger partial charge in [0.15, 0.2) is 0 Å². The SMILES string of the molecule is COc1cccc(Nc2nc(N)c([N+](=O)[O-])c(Nc3ccc(F)cc3)n2)c1. The fourth-order valence-corrected chi connectivity index (χ4v) is 2.30. The number of benzene rings is 2. The number of nitrogens with one attached hydrogen (secondary N) is 2. The van der Waals surface area contributed by atoms with E-state index in [-0.39, 0.29) is 17.6 Å². The molecule has 2 aromatic carbocycles. The third-order valence-electron chi connectivity index (χ3n) is 3.53. The number of aromatic nitrogens is 2. The van der Waals surface area contributed by atoms with Gasteiger partial charge in [0, 0.05) is 17.4 Å². The van der Waals surface area contributed by atoms with Crippen LogP contribution in [0.2, 0.25) is 0 Å². The molecule has 0 saturated heterocycles. The van der Waals surface area contributed by atoms with Crippen LogP contribution in [-0.2, 0) is 0 Å². The van der Waals surface area contributed by atoms with Crippen LogP contribution in [0, 0.1) is 15.9 Å². The van der Waals surface area contributed by atoms with Gasteiger partial charge in [0.05, 0.1) is 12.0 Å². The number of rotatable bonds is 6. The molecular formula is C17H15FN6O3. The van der Waals surface area contributed by atoms with Gasteiger partial charge < -0.3 is 21.1 Å². The molecule has 0 unspecified atom stereocenters. The highest BCUT2D eigenvalue weighted by atomic mass is 19.1. The van der Waals surface area contributed by atoms with Gasteiger partial charge in [0.1, 0.15) is 11.6 Å². The van der Waals surface area contributed by atoms with Crippen molar-refractivity contribution in [2.24, 2.45) is 0 Å². The molecule has 0 aliphatic heterocycles. The first-order valence-corrected chi connectivity index (χ1v) is 7.72. The smallest absolute Gasteiger partial charge is 0.353 e. The fourth-order valence-electron chi connectivity index (χ4n) is 2.30. The molecule has 3 aromatic rings. The highest BCUT2D eigenvalue weighted by Gasteiger charge is 2.23. The molecule has 0 spiro atoms. The number of nitrogens with zero attached hydrogens (tertiary/aromatic N) is 3. The summed E-state index contributed by atoms with van der Waals surface area (Å²) in [5, 5.41) is 17.0. The van der Waals surface area contributed by atoms with Gasteiger partial charge in [0.2, 0.25) is 17.6 Å². The van der Waals surface area contributed by atoms with Crippen molar-refractivity contribution in [2.75, 3.05) is 23.5 Å². The molecule has 4 N–H and O–H groups in total. The van der Waals surface area contributed by atoms with Crippen LogP contribution < -0.4 is 21.1 Å². The Morgan fingerprint density at radius 3 is 2.52 bits per heavy atom. The van der Waals surface area contributed by atoms with Crippen molar-refractivity contribution >= 4 is 34.6 Å². The molecule has 0 fully saturated rings. The Morgan fingerprint density at radius 2 is 1.85 bits per heavy atom. The van der Waals surface area contributed by atoms with Gasteiger partial charge in [0.25, 0.3) is 0 Å². The lowest BCUT2D eigenvalue weighted by Gasteiger charge is -2.11. The summed E-state index contributed by atoms with van der Waals surface area (Å²) in [6.45, 7) is 0. The first kappa shape index (κ1) is 17.9. The summed E-state index contributed by atoms with van der Waals surface area (Å²) in [5.74, 6) is -0.206. The summed E-state index contributed by atoms with van der Waals surface area (Å²) >= 11 is 0. The van der Waals surface area contributed by atoms with E-state index in [0.29, 0.717) is 17.1 Å². The average Bonchev–Trinajstić information content (AvgIpc) is 2.63. The van der Waals surface area contributed by atoms with Gasteiger partial charge in [-0.25, -0.2) is 4.39 Å². The lowest BCUT2D eigenvalue weighted by atomic mass is 10.3. The highest BCUT2D eigenvalue weighted by Crippen LogP contribution is 2.32. The maximum atomic E-state index is 13.1. The van der Waals surface area contributed by atoms with Crippen molar-refractivity contribution in [1.29, 1.82) is 0 Å². The molecule has 0 atom stereocenters. The van der Waals surface area contributed by atoms with E-state index in [0.717, 1.165) is 0 Å². The van der Waals surface area contributed by atoms with Crippen molar-refractivity contribution in [3.05, 3.63) is 64.5 Å². The number of ether oxygens (including phenoxy) is 1. The molecule has 27 heavy (non-hydrogen) atoms. The van der Waals surface area contributed by atoms with Crippen LogP contribution in [-0.4, -0.2) is 22.0 Å². The first-order valence-electron chi connectivity index (χ1n) is 7.72. The van der Waals surface area contributed by atoms with Crippen LogP contribution in [0.3, 0.4) is 0 Å². The Hall–Kier alpha value is -3.95. The molecule has 10 heteroatoms. The molecule has 0 saturated carbocycles. The van der Waals surface area contributed by atoms with Gasteiger partial charge >= 0.3 is 5.69 Å². The minimum atomic E-state index is -0.684. The molecule has 0 aliphatic carbocycles. The Labute approximate surface area is 153 Å². The Kier molecular flexibility index (Phi) is 4.97. The van der Waals surface area contributed by atoms with E-state index in [2.05, 4.69) is 20.6 Å². The lowest BCUT2D eigenvalue weighted by molar-refractivity contribution is -0.383. The summed E-state index contributed by atoms with van der Waals surface area (Å²) in [5.41, 5.74) is 6.29. The quantitative estimate of drug-likeness (QED) is 0.443. The van der Waals surface area contributed by atoms with Crippen LogP contribution in [0.4, 0.5) is 39.0 Å². The summed E-state index contributed by atoms with van der Waals surface area (Å²) in [7, 11) is 1.53. The largest absolute Gasteiger partial charge is 0.497 e. The van der Waals surface area contributed by atoms with E-state index in [1.165, 1.54) is 31.4 Å². The Bertz CT molecular complexity index is 981. The zero-order chi connectivity index (χ0) is 19.4. The molecule has 138 valence electrons. The zero-order valence-electron chi connectivity index (χ0n) is 14.1. The van der Waals surface area contributed by atoms with E-state index >= 15 is 0 Å². The number of hydrogen-bond acceptors (Lipinski definition) is 8. The molecule has 0 radical (unpaired) electrons. The maximum absolute atomic E-state index is 13.1. The summed E-state index contributed by atoms with van der Waals surface area (Å²) in [6, 6.07) is 12.2. The van der Waals surface area contributed by atoms with Crippen LogP contribution >= 0.6 is 0 Å². The number of hydrogen-bond donors (Lipinski definition) is 3. The van der Waals surface area contributed by atoms with Crippen LogP contribution in [0.5, 0.6) is 5.75 Å². The lowest BCUT2D eigenvalue weighted by Crippen LogP contribution is -2.08. The maximum Gasteiger partial charge on any atom is 0.353 e. The van der Waals surface area contributed by atoms with E-state index in [4.69, 9.17) is 10.5 Å². The van der Waals surface area contributed by atoms with Gasteiger partial charge in [-0.2, -0.15) is 9.97 Å². The molecule has 9 nitrogen and oxygen atoms in total. The van der Waals surface area contributed by atoms with Gasteiger partial charge in [-0.05, 0) is 36.4 Å². The van der Waals surface area contributed by atoms with Crippen molar-refractivity contribution in [3.63, 3.8) is 0 Å². The standard InChI is InChI=1S/C17H15FN6O3/c1-27-13-4-2-3-12(9-13)21-17-22-15(19)14(24(25)26)16(23-17)20-11-7-5-10(18)6-8-11/h2-9H,1H3,(H4,19,20,21,22,23). The van der Waals surface area contributed by atoms with Gasteiger partial charge in [-0.15, -0.1) is 0 Å². The second kappa shape index (κ2) is 7.52. The highest BCUT2D eigenvalue weighted by molar-refractivity contribution is 5.75. The number of anilines is 5. The predicted molar refractivity (Wildman–Crippen MR) is 99.1 cm³/mol. The second-order valence-electron chi connectivity index (χ2n) is 5.38. The number of nitrogens with two attached hydrogens (primary N) is 1. The Morgan fingerprint density at radius 1 is 1.11 bits per heavy atom. The zero-order valence-corrected chi connectivity index (χ0v) is 14.1. The Balaban J connectivity index is 1.97. The first-order chi connectivity index (χ1) is 13.0. The van der Waals surface area contributed by atoms with Crippen molar-refractivity contribution in [3.8, 4) is 5.75 Å². The molecular weight excluding hydrogens is 355 g/mol. The summed E-state index contributed by atoms with van der Waals surface area (Å²) in [4.78, 5) is 18.7. The minimum absolute atomic E-state index is 0.0518. The van der Waals surface area contributed by atoms with E-state index in [1.54, 1.807) is 24.3 Å². The minimum Gasteiger partial charge on any atom is -0.497 e. The van der Waals surface area contributed by atoms with E-state index in [9.17, 15) is 14.5 Å². The fraction of sp³-hybridized carbons (Fsp3) is 0.0588. The number of halogens is 1. The van der Waals surface area contributed by atoms with Crippen molar-refractivity contribution < 1.29 is 14.1 Å². The van der Waals surface area contributed by atoms with Crippen LogP contribution in [0.25, 0.3) is 0 Å². The normalized spacial score (nSPS) is 10.3. The predicted octanol–water partition coefficient (Wildman–Crippen LogP) is 3.60. The van der Waals surface area contributed by atoms with Gasteiger partial charge in [-0.1, -0.05) is 6.07 Å². The third kappa shape index (κ3) is 4.18. The van der Waals surface area contributed by atoms with Crippen LogP contribution in [0.1, 0.15) is 0 Å². The van der Waals surface area contributed by atoms with Gasteiger partial charge in [-0.3, -0.25) is 10.1 Å². The second-order valence-corrected chi connectivity index (χ2v) is 5.38. The summed E-state index contributed by atoms with van der Waals surface area (Å²) < 4.78 is 18.2. The molecule has 0 aliphatic rings. The summed E-state index contributed by atoms with van der Waals surface area (Å²) in [6.07, 6.45) is 0. The number of methoxy groups -OCH3 is 1. The molecule has 3 rings (SSSR count). The third-order valence-corrected chi connectivity index (χ3v) is 3.53. The molecule has 0 amide bonds. The monoisotopic (exact) mass is 370 g/mol. The van der Waals surface area contributed by atoms with Crippen molar-refractivity contribution in [1.82, 2.24) is 9.97 Å². The van der Waals surface area contributed by atoms with E-state index in [1.807, 2.05) is 0 Å². The molecule has 1 heterocycles. The van der Waals surface area contributed by atoms with Crippen LogP contribution in [0.15, 0.2) is 48.5 Å². The number of nitro groups is 1. The van der Waals surface area contributed by atoms with E-state index < -0.39 is 16.4 Å². The number of nitrogen functional groups attached to an aromatic ring is 1. The molecule has 1 aromatic heterocycles. The molecule has 0 bridgehead atoms.